The number of fused-ring (bicyclic) bond motifs is 1. The van der Waals surface area contributed by atoms with Gasteiger partial charge in [0.1, 0.15) is 11.6 Å². The fraction of sp³-hybridized carbons (Fsp3) is 0.650. The summed E-state index contributed by atoms with van der Waals surface area (Å²) in [4.78, 5) is 21.1. The minimum atomic E-state index is -1.94. The quantitative estimate of drug-likeness (QED) is 0.728. The molecule has 0 aliphatic carbocycles. The summed E-state index contributed by atoms with van der Waals surface area (Å²) in [6.45, 7) is 13.6. The van der Waals surface area contributed by atoms with Crippen molar-refractivity contribution in [2.24, 2.45) is 5.41 Å². The monoisotopic (exact) mass is 422 g/mol. The van der Waals surface area contributed by atoms with Gasteiger partial charge in [-0.05, 0) is 32.1 Å². The summed E-state index contributed by atoms with van der Waals surface area (Å²) in [5, 5.41) is 2.89. The van der Waals surface area contributed by atoms with Crippen LogP contribution in [0.25, 0.3) is 11.2 Å². The van der Waals surface area contributed by atoms with Gasteiger partial charge in [-0.1, -0.05) is 27.7 Å². The summed E-state index contributed by atoms with van der Waals surface area (Å²) in [7, 11) is -1.94. The maximum absolute atomic E-state index is 15.4. The molecule has 160 valence electrons. The molecule has 7 nitrogen and oxygen atoms in total. The van der Waals surface area contributed by atoms with Crippen LogP contribution in [-0.2, 0) is 14.0 Å². The Bertz CT molecular complexity index is 890. The molecule has 0 bridgehead atoms. The highest BCUT2D eigenvalue weighted by Gasteiger charge is 2.48. The van der Waals surface area contributed by atoms with Crippen molar-refractivity contribution in [1.82, 2.24) is 14.5 Å². The number of amides is 1. The van der Waals surface area contributed by atoms with E-state index < -0.39 is 32.2 Å². The summed E-state index contributed by atoms with van der Waals surface area (Å²) in [6, 6.07) is 1.69. The van der Waals surface area contributed by atoms with Gasteiger partial charge in [-0.25, -0.2) is 14.4 Å². The van der Waals surface area contributed by atoms with Gasteiger partial charge in [0.2, 0.25) is 5.91 Å². The molecule has 3 rings (SSSR count). The van der Waals surface area contributed by atoms with Crippen LogP contribution in [0.2, 0.25) is 19.6 Å². The molecule has 1 saturated heterocycles. The van der Waals surface area contributed by atoms with E-state index in [0.717, 1.165) is 0 Å². The number of rotatable bonds is 5. The van der Waals surface area contributed by atoms with Crippen molar-refractivity contribution in [1.29, 1.82) is 0 Å². The second-order valence-electron chi connectivity index (χ2n) is 9.50. The van der Waals surface area contributed by atoms with E-state index in [-0.39, 0.29) is 12.0 Å². The third-order valence-electron chi connectivity index (χ3n) is 4.82. The number of pyridine rings is 1. The lowest BCUT2D eigenvalue weighted by molar-refractivity contribution is -0.123. The first-order chi connectivity index (χ1) is 13.4. The normalized spacial score (nSPS) is 25.5. The van der Waals surface area contributed by atoms with E-state index in [1.165, 1.54) is 6.33 Å². The average molecular weight is 423 g/mol. The number of aromatic nitrogens is 3. The van der Waals surface area contributed by atoms with E-state index in [1.54, 1.807) is 16.8 Å². The lowest BCUT2D eigenvalue weighted by Crippen LogP contribution is -2.40. The second-order valence-corrected chi connectivity index (χ2v) is 14.0. The van der Waals surface area contributed by atoms with Gasteiger partial charge < -0.3 is 14.5 Å². The molecule has 0 spiro atoms. The number of nitrogens with zero attached hydrogens (tertiary/aromatic N) is 3. The highest BCUT2D eigenvalue weighted by molar-refractivity contribution is 6.69. The molecule has 1 aliphatic rings. The molecule has 1 fully saturated rings. The van der Waals surface area contributed by atoms with Crippen LogP contribution in [0.5, 0.6) is 0 Å². The van der Waals surface area contributed by atoms with Crippen molar-refractivity contribution in [3.63, 3.8) is 0 Å². The summed E-state index contributed by atoms with van der Waals surface area (Å²) < 4.78 is 29.1. The minimum Gasteiger partial charge on any atom is -0.409 e. The zero-order valence-electron chi connectivity index (χ0n) is 18.2. The van der Waals surface area contributed by atoms with Gasteiger partial charge in [0.15, 0.2) is 26.4 Å². The molecule has 0 saturated carbocycles. The van der Waals surface area contributed by atoms with Crippen molar-refractivity contribution in [2.75, 3.05) is 5.32 Å². The minimum absolute atomic E-state index is 0.130. The Morgan fingerprint density at radius 1 is 1.34 bits per heavy atom. The first-order valence-electron chi connectivity index (χ1n) is 10.0. The molecule has 1 unspecified atom stereocenters. The predicted octanol–water partition coefficient (Wildman–Crippen LogP) is 4.28. The van der Waals surface area contributed by atoms with Crippen LogP contribution in [0.1, 0.15) is 40.3 Å². The Morgan fingerprint density at radius 3 is 2.62 bits per heavy atom. The SMILES string of the molecule is CC[C@H]1O[C@@H](n2cnc3c(NC(=O)C(C)(C)C)ccnc32)[C@@H](F)C1O[Si](C)(C)C. The molecule has 1 N–H and O–H groups in total. The van der Waals surface area contributed by atoms with Crippen LogP contribution in [0.4, 0.5) is 10.1 Å². The Morgan fingerprint density at radius 2 is 2.03 bits per heavy atom. The van der Waals surface area contributed by atoms with E-state index in [4.69, 9.17) is 9.16 Å². The average Bonchev–Trinajstić information content (AvgIpc) is 3.15. The van der Waals surface area contributed by atoms with Gasteiger partial charge in [-0.3, -0.25) is 9.36 Å². The Labute approximate surface area is 172 Å². The Kier molecular flexibility index (Phi) is 5.86. The number of ether oxygens (including phenoxy) is 1. The molecule has 2 aromatic heterocycles. The van der Waals surface area contributed by atoms with Crippen LogP contribution in [0.3, 0.4) is 0 Å². The number of halogens is 1. The molecular formula is C20H31FN4O3Si. The highest BCUT2D eigenvalue weighted by atomic mass is 28.4. The van der Waals surface area contributed by atoms with Crippen LogP contribution in [-0.4, -0.2) is 47.1 Å². The van der Waals surface area contributed by atoms with Gasteiger partial charge in [-0.2, -0.15) is 0 Å². The topological polar surface area (TPSA) is 78.3 Å². The number of alkyl halides is 1. The summed E-state index contributed by atoms with van der Waals surface area (Å²) in [6.07, 6.45) is 0.602. The largest absolute Gasteiger partial charge is 0.409 e. The summed E-state index contributed by atoms with van der Waals surface area (Å²) in [5.41, 5.74) is 0.965. The first kappa shape index (κ1) is 21.9. The fourth-order valence-electron chi connectivity index (χ4n) is 3.33. The molecule has 1 amide bonds. The number of imidazole rings is 1. The van der Waals surface area contributed by atoms with E-state index in [2.05, 4.69) is 15.3 Å². The molecule has 2 aromatic rings. The molecule has 0 aromatic carbocycles. The third-order valence-corrected chi connectivity index (χ3v) is 5.80. The van der Waals surface area contributed by atoms with Gasteiger partial charge in [0.05, 0.1) is 18.1 Å². The molecule has 29 heavy (non-hydrogen) atoms. The maximum Gasteiger partial charge on any atom is 0.229 e. The standard InChI is InChI=1S/C20H31FN4O3Si/c1-8-13-16(28-29(5,6)7)14(21)18(27-13)25-11-23-15-12(9-10-22-17(15)25)24-19(26)20(2,3)4/h9-11,13-14,16,18H,8H2,1-7H3,(H,22,24,26)/t13-,14+,16?,18-/m1/s1. The molecule has 1 aliphatic heterocycles. The van der Waals surface area contributed by atoms with Gasteiger partial charge >= 0.3 is 0 Å². The molecular weight excluding hydrogens is 391 g/mol. The van der Waals surface area contributed by atoms with Crippen molar-refractivity contribution < 1.29 is 18.3 Å². The number of hydrogen-bond acceptors (Lipinski definition) is 5. The van der Waals surface area contributed by atoms with E-state index in [0.29, 0.717) is 23.3 Å². The van der Waals surface area contributed by atoms with Gasteiger partial charge in [0.25, 0.3) is 0 Å². The van der Waals surface area contributed by atoms with Crippen LogP contribution in [0.15, 0.2) is 18.6 Å². The molecule has 3 heterocycles. The number of nitrogens with one attached hydrogen (secondary N) is 1. The van der Waals surface area contributed by atoms with E-state index >= 15 is 4.39 Å². The smallest absolute Gasteiger partial charge is 0.229 e. The first-order valence-corrected chi connectivity index (χ1v) is 13.4. The van der Waals surface area contributed by atoms with Gasteiger partial charge in [-0.15, -0.1) is 0 Å². The number of carbonyl (C=O) groups is 1. The Hall–Kier alpha value is -1.84. The van der Waals surface area contributed by atoms with Crippen molar-refractivity contribution in [3.8, 4) is 0 Å². The van der Waals surface area contributed by atoms with Crippen LogP contribution < -0.4 is 5.32 Å². The highest BCUT2D eigenvalue weighted by Crippen LogP contribution is 2.38. The maximum atomic E-state index is 15.4. The lowest BCUT2D eigenvalue weighted by Gasteiger charge is -2.27. The second kappa shape index (κ2) is 7.77. The van der Waals surface area contributed by atoms with Crippen molar-refractivity contribution in [3.05, 3.63) is 18.6 Å². The van der Waals surface area contributed by atoms with Crippen molar-refractivity contribution >= 4 is 31.1 Å². The number of hydrogen-bond donors (Lipinski definition) is 1. The Balaban J connectivity index is 1.93. The molecule has 0 radical (unpaired) electrons. The van der Waals surface area contributed by atoms with Crippen LogP contribution in [0, 0.1) is 5.41 Å². The number of anilines is 1. The third kappa shape index (κ3) is 4.51. The zero-order chi connectivity index (χ0) is 21.6. The summed E-state index contributed by atoms with van der Waals surface area (Å²) >= 11 is 0. The predicted molar refractivity (Wildman–Crippen MR) is 113 cm³/mol. The lowest BCUT2D eigenvalue weighted by atomic mass is 9.95. The molecule has 9 heteroatoms. The van der Waals surface area contributed by atoms with Gasteiger partial charge in [0, 0.05) is 11.6 Å². The van der Waals surface area contributed by atoms with E-state index in [1.807, 2.05) is 47.3 Å². The van der Waals surface area contributed by atoms with E-state index in [9.17, 15) is 4.79 Å². The fourth-order valence-corrected chi connectivity index (χ4v) is 4.42. The summed E-state index contributed by atoms with van der Waals surface area (Å²) in [5.74, 6) is -0.130. The molecule has 4 atom stereocenters. The zero-order valence-corrected chi connectivity index (χ0v) is 19.2. The van der Waals surface area contributed by atoms with Crippen molar-refractivity contribution in [2.45, 2.75) is 78.4 Å². The van der Waals surface area contributed by atoms with Crippen LogP contribution >= 0.6 is 0 Å². The number of carbonyl (C=O) groups excluding carboxylic acids is 1.